The number of fused-ring (bicyclic) bond motifs is 1. The van der Waals surface area contributed by atoms with Gasteiger partial charge in [-0.15, -0.1) is 0 Å². The van der Waals surface area contributed by atoms with E-state index in [-0.39, 0.29) is 5.91 Å². The molecular formula is C14H15BrN2O. The number of hydrogen-bond acceptors (Lipinski definition) is 1. The highest BCUT2D eigenvalue weighted by Gasteiger charge is 2.19. The van der Waals surface area contributed by atoms with Gasteiger partial charge in [0.05, 0.1) is 5.56 Å². The van der Waals surface area contributed by atoms with Gasteiger partial charge < -0.3 is 10.3 Å². The third-order valence-corrected chi connectivity index (χ3v) is 4.07. The van der Waals surface area contributed by atoms with Gasteiger partial charge in [0, 0.05) is 27.6 Å². The minimum absolute atomic E-state index is 0.0336. The number of H-pyrrole nitrogens is 1. The lowest BCUT2D eigenvalue weighted by atomic mass is 10.1. The van der Waals surface area contributed by atoms with Crippen molar-refractivity contribution in [2.45, 2.75) is 31.7 Å². The first kappa shape index (κ1) is 11.8. The summed E-state index contributed by atoms with van der Waals surface area (Å²) in [5.74, 6) is 0.0336. The van der Waals surface area contributed by atoms with Crippen molar-refractivity contribution < 1.29 is 4.79 Å². The number of hydrogen-bond donors (Lipinski definition) is 2. The fourth-order valence-corrected chi connectivity index (χ4v) is 2.98. The zero-order valence-corrected chi connectivity index (χ0v) is 11.6. The molecule has 1 amide bonds. The van der Waals surface area contributed by atoms with E-state index in [0.717, 1.165) is 33.8 Å². The molecule has 0 atom stereocenters. The smallest absolute Gasteiger partial charge is 0.253 e. The number of amides is 1. The van der Waals surface area contributed by atoms with Crippen LogP contribution in [0.2, 0.25) is 0 Å². The number of halogens is 1. The predicted octanol–water partition coefficient (Wildman–Crippen LogP) is 3.60. The van der Waals surface area contributed by atoms with Gasteiger partial charge in [0.2, 0.25) is 0 Å². The van der Waals surface area contributed by atoms with Crippen molar-refractivity contribution in [2.24, 2.45) is 0 Å². The average Bonchev–Trinajstić information content (AvgIpc) is 2.97. The zero-order valence-electron chi connectivity index (χ0n) is 10.0. The maximum absolute atomic E-state index is 12.2. The van der Waals surface area contributed by atoms with Gasteiger partial charge in [-0.05, 0) is 31.0 Å². The third kappa shape index (κ3) is 2.17. The fourth-order valence-electron chi connectivity index (χ4n) is 2.61. The Labute approximate surface area is 114 Å². The van der Waals surface area contributed by atoms with Crippen molar-refractivity contribution in [2.75, 3.05) is 0 Å². The first-order chi connectivity index (χ1) is 8.74. The molecule has 3 rings (SSSR count). The molecule has 0 unspecified atom stereocenters. The summed E-state index contributed by atoms with van der Waals surface area (Å²) in [5.41, 5.74) is 1.73. The largest absolute Gasteiger partial charge is 0.360 e. The van der Waals surface area contributed by atoms with E-state index in [1.54, 1.807) is 6.20 Å². The van der Waals surface area contributed by atoms with E-state index in [1.807, 2.05) is 18.2 Å². The predicted molar refractivity (Wildman–Crippen MR) is 75.7 cm³/mol. The summed E-state index contributed by atoms with van der Waals surface area (Å²) in [7, 11) is 0. The second kappa shape index (κ2) is 4.76. The molecule has 1 saturated carbocycles. The van der Waals surface area contributed by atoms with Crippen LogP contribution in [-0.2, 0) is 0 Å². The number of nitrogens with one attached hydrogen (secondary N) is 2. The monoisotopic (exact) mass is 306 g/mol. The van der Waals surface area contributed by atoms with Crippen molar-refractivity contribution in [1.82, 2.24) is 10.3 Å². The number of aromatic amines is 1. The summed E-state index contributed by atoms with van der Waals surface area (Å²) < 4.78 is 0.990. The Morgan fingerprint density at radius 1 is 1.33 bits per heavy atom. The maximum atomic E-state index is 12.2. The topological polar surface area (TPSA) is 44.9 Å². The van der Waals surface area contributed by atoms with Gasteiger partial charge in [0.15, 0.2) is 0 Å². The molecule has 2 N–H and O–H groups in total. The molecule has 0 bridgehead atoms. The van der Waals surface area contributed by atoms with Crippen molar-refractivity contribution in [3.05, 3.63) is 34.4 Å². The van der Waals surface area contributed by atoms with E-state index in [9.17, 15) is 4.79 Å². The van der Waals surface area contributed by atoms with Crippen LogP contribution in [0.25, 0.3) is 10.9 Å². The highest BCUT2D eigenvalue weighted by Crippen LogP contribution is 2.24. The van der Waals surface area contributed by atoms with E-state index in [0.29, 0.717) is 6.04 Å². The minimum Gasteiger partial charge on any atom is -0.360 e. The van der Waals surface area contributed by atoms with Crippen LogP contribution in [-0.4, -0.2) is 16.9 Å². The molecule has 1 aliphatic rings. The van der Waals surface area contributed by atoms with Crippen LogP contribution in [0, 0.1) is 0 Å². The first-order valence-electron chi connectivity index (χ1n) is 6.31. The SMILES string of the molecule is O=C(NC1CCCC1)c1c[nH]c2ccc(Br)cc12. The van der Waals surface area contributed by atoms with Crippen LogP contribution < -0.4 is 5.32 Å². The Morgan fingerprint density at radius 2 is 2.11 bits per heavy atom. The van der Waals surface area contributed by atoms with Crippen molar-refractivity contribution in [3.63, 3.8) is 0 Å². The molecule has 0 radical (unpaired) electrons. The molecule has 1 heterocycles. The number of rotatable bonds is 2. The summed E-state index contributed by atoms with van der Waals surface area (Å²) >= 11 is 3.44. The molecular weight excluding hydrogens is 292 g/mol. The van der Waals surface area contributed by atoms with Crippen LogP contribution in [0.1, 0.15) is 36.0 Å². The summed E-state index contributed by atoms with van der Waals surface area (Å²) in [6.45, 7) is 0. The number of benzene rings is 1. The lowest BCUT2D eigenvalue weighted by Crippen LogP contribution is -2.32. The Kier molecular flexibility index (Phi) is 3.12. The van der Waals surface area contributed by atoms with E-state index >= 15 is 0 Å². The minimum atomic E-state index is 0.0336. The molecule has 4 heteroatoms. The normalized spacial score (nSPS) is 16.3. The van der Waals surface area contributed by atoms with Gasteiger partial charge in [-0.2, -0.15) is 0 Å². The van der Waals surface area contributed by atoms with E-state index in [1.165, 1.54) is 12.8 Å². The maximum Gasteiger partial charge on any atom is 0.253 e. The molecule has 1 aromatic carbocycles. The molecule has 2 aromatic rings. The molecule has 1 fully saturated rings. The third-order valence-electron chi connectivity index (χ3n) is 3.58. The Hall–Kier alpha value is -1.29. The molecule has 1 aromatic heterocycles. The van der Waals surface area contributed by atoms with Gasteiger partial charge >= 0.3 is 0 Å². The van der Waals surface area contributed by atoms with Crippen molar-refractivity contribution >= 4 is 32.7 Å². The van der Waals surface area contributed by atoms with Crippen LogP contribution in [0.15, 0.2) is 28.9 Å². The summed E-state index contributed by atoms with van der Waals surface area (Å²) in [5, 5.41) is 4.09. The van der Waals surface area contributed by atoms with Crippen molar-refractivity contribution in [1.29, 1.82) is 0 Å². The lowest BCUT2D eigenvalue weighted by molar-refractivity contribution is 0.0939. The average molecular weight is 307 g/mol. The lowest BCUT2D eigenvalue weighted by Gasteiger charge is -2.11. The number of carbonyl (C=O) groups excluding carboxylic acids is 1. The quantitative estimate of drug-likeness (QED) is 0.875. The molecule has 0 spiro atoms. The number of aromatic nitrogens is 1. The Morgan fingerprint density at radius 3 is 2.89 bits per heavy atom. The van der Waals surface area contributed by atoms with Crippen LogP contribution in [0.3, 0.4) is 0 Å². The van der Waals surface area contributed by atoms with E-state index < -0.39 is 0 Å². The Bertz CT molecular complexity index is 584. The fraction of sp³-hybridized carbons (Fsp3) is 0.357. The second-order valence-corrected chi connectivity index (χ2v) is 5.76. The highest BCUT2D eigenvalue weighted by atomic mass is 79.9. The molecule has 0 saturated heterocycles. The molecule has 18 heavy (non-hydrogen) atoms. The molecule has 3 nitrogen and oxygen atoms in total. The van der Waals surface area contributed by atoms with Gasteiger partial charge in [-0.1, -0.05) is 28.8 Å². The molecule has 1 aliphatic carbocycles. The molecule has 0 aliphatic heterocycles. The van der Waals surface area contributed by atoms with Gasteiger partial charge in [-0.3, -0.25) is 4.79 Å². The van der Waals surface area contributed by atoms with E-state index in [2.05, 4.69) is 26.2 Å². The zero-order chi connectivity index (χ0) is 12.5. The van der Waals surface area contributed by atoms with Gasteiger partial charge in [0.1, 0.15) is 0 Å². The molecule has 94 valence electrons. The second-order valence-electron chi connectivity index (χ2n) is 4.85. The summed E-state index contributed by atoms with van der Waals surface area (Å²) in [4.78, 5) is 15.4. The standard InChI is InChI=1S/C14H15BrN2O/c15-9-5-6-13-11(7-9)12(8-16-13)14(18)17-10-3-1-2-4-10/h5-8,10,16H,1-4H2,(H,17,18). The van der Waals surface area contributed by atoms with Crippen LogP contribution >= 0.6 is 15.9 Å². The Balaban J connectivity index is 1.88. The van der Waals surface area contributed by atoms with E-state index in [4.69, 9.17) is 0 Å². The van der Waals surface area contributed by atoms with Gasteiger partial charge in [-0.25, -0.2) is 0 Å². The van der Waals surface area contributed by atoms with Crippen molar-refractivity contribution in [3.8, 4) is 0 Å². The first-order valence-corrected chi connectivity index (χ1v) is 7.11. The van der Waals surface area contributed by atoms with Crippen LogP contribution in [0.4, 0.5) is 0 Å². The van der Waals surface area contributed by atoms with Gasteiger partial charge in [0.25, 0.3) is 5.91 Å². The van der Waals surface area contributed by atoms with Crippen LogP contribution in [0.5, 0.6) is 0 Å². The number of carbonyl (C=O) groups is 1. The summed E-state index contributed by atoms with van der Waals surface area (Å²) in [6, 6.07) is 6.29. The summed E-state index contributed by atoms with van der Waals surface area (Å²) in [6.07, 6.45) is 6.46. The highest BCUT2D eigenvalue weighted by molar-refractivity contribution is 9.10.